The molecule has 0 saturated carbocycles. The fourth-order valence-corrected chi connectivity index (χ4v) is 8.34. The molecule has 7 rings (SSSR count). The lowest BCUT2D eigenvalue weighted by atomic mass is 9.99. The van der Waals surface area contributed by atoms with Gasteiger partial charge in [0.1, 0.15) is 5.75 Å². The minimum atomic E-state index is -0.301. The number of amides is 3. The van der Waals surface area contributed by atoms with E-state index in [4.69, 9.17) is 4.74 Å². The molecule has 2 saturated heterocycles. The number of hydrogen-bond acceptors (Lipinski definition) is 6. The van der Waals surface area contributed by atoms with Crippen LogP contribution in [0.25, 0.3) is 11.1 Å². The standard InChI is InChI=1S/C40H44N4O4S/c45-38(43-24-18-31(19-25-43)42-21-8-2-9-22-42)28-48-36-27-30(40(47)44-23-10-7-15-37-35(44)20-26-49-37)16-17-34(36)41-39(46)33-14-6-5-13-32(33)29-11-3-1-4-12-29/h1,3-6,11-14,16-17,20,26-27,31H,2,7-10,15,18-19,21-25,28H2,(H,41,46). The average Bonchev–Trinajstić information content (AvgIpc) is 3.53. The van der Waals surface area contributed by atoms with E-state index in [0.29, 0.717) is 48.2 Å². The van der Waals surface area contributed by atoms with Gasteiger partial charge in [0.2, 0.25) is 0 Å². The van der Waals surface area contributed by atoms with Gasteiger partial charge in [-0.05, 0) is 105 Å². The molecule has 0 aliphatic carbocycles. The number of thiophene rings is 1. The van der Waals surface area contributed by atoms with Crippen molar-refractivity contribution in [3.8, 4) is 16.9 Å². The van der Waals surface area contributed by atoms with Crippen LogP contribution in [0.5, 0.6) is 5.75 Å². The van der Waals surface area contributed by atoms with Crippen molar-refractivity contribution in [2.45, 2.75) is 57.4 Å². The molecule has 0 unspecified atom stereocenters. The lowest BCUT2D eigenvalue weighted by molar-refractivity contribution is -0.135. The van der Waals surface area contributed by atoms with Crippen molar-refractivity contribution in [3.63, 3.8) is 0 Å². The summed E-state index contributed by atoms with van der Waals surface area (Å²) in [6, 6.07) is 25.0. The maximum absolute atomic E-state index is 14.0. The largest absolute Gasteiger partial charge is 0.482 e. The van der Waals surface area contributed by atoms with E-state index in [1.54, 1.807) is 35.6 Å². The van der Waals surface area contributed by atoms with Crippen LogP contribution in [0, 0.1) is 0 Å². The van der Waals surface area contributed by atoms with E-state index >= 15 is 0 Å². The summed E-state index contributed by atoms with van der Waals surface area (Å²) in [4.78, 5) is 48.8. The normalized spacial score (nSPS) is 17.2. The maximum Gasteiger partial charge on any atom is 0.260 e. The van der Waals surface area contributed by atoms with Crippen molar-refractivity contribution in [2.75, 3.05) is 49.5 Å². The van der Waals surface area contributed by atoms with E-state index in [1.165, 1.54) is 24.1 Å². The molecule has 4 heterocycles. The molecular formula is C40H44N4O4S. The molecule has 9 heteroatoms. The zero-order chi connectivity index (χ0) is 33.6. The molecule has 254 valence electrons. The predicted octanol–water partition coefficient (Wildman–Crippen LogP) is 7.51. The number of piperidine rings is 2. The fourth-order valence-electron chi connectivity index (χ4n) is 7.42. The summed E-state index contributed by atoms with van der Waals surface area (Å²) in [7, 11) is 0. The Hall–Kier alpha value is -4.47. The molecule has 4 aromatic rings. The van der Waals surface area contributed by atoms with Gasteiger partial charge >= 0.3 is 0 Å². The third-order valence-corrected chi connectivity index (χ3v) is 11.1. The summed E-state index contributed by atoms with van der Waals surface area (Å²) in [6.45, 7) is 4.20. The van der Waals surface area contributed by atoms with E-state index in [0.717, 1.165) is 62.0 Å². The van der Waals surface area contributed by atoms with Gasteiger partial charge in [-0.1, -0.05) is 55.0 Å². The molecule has 2 fully saturated rings. The number of carbonyl (C=O) groups excluding carboxylic acids is 3. The minimum Gasteiger partial charge on any atom is -0.482 e. The molecule has 0 radical (unpaired) electrons. The van der Waals surface area contributed by atoms with Crippen LogP contribution in [-0.2, 0) is 11.2 Å². The van der Waals surface area contributed by atoms with E-state index in [9.17, 15) is 14.4 Å². The predicted molar refractivity (Wildman–Crippen MR) is 196 cm³/mol. The van der Waals surface area contributed by atoms with Crippen molar-refractivity contribution >= 4 is 40.4 Å². The van der Waals surface area contributed by atoms with Gasteiger partial charge in [-0.15, -0.1) is 11.3 Å². The summed E-state index contributed by atoms with van der Waals surface area (Å²) in [6.07, 6.45) is 8.71. The van der Waals surface area contributed by atoms with Crippen molar-refractivity contribution in [2.24, 2.45) is 0 Å². The van der Waals surface area contributed by atoms with Gasteiger partial charge in [0, 0.05) is 41.7 Å². The first-order valence-electron chi connectivity index (χ1n) is 17.7. The van der Waals surface area contributed by atoms with Crippen LogP contribution in [0.4, 0.5) is 11.4 Å². The topological polar surface area (TPSA) is 82.2 Å². The van der Waals surface area contributed by atoms with E-state index in [2.05, 4.69) is 10.2 Å². The summed E-state index contributed by atoms with van der Waals surface area (Å²) < 4.78 is 6.22. The number of nitrogens with one attached hydrogen (secondary N) is 1. The van der Waals surface area contributed by atoms with Gasteiger partial charge in [-0.2, -0.15) is 0 Å². The summed E-state index contributed by atoms with van der Waals surface area (Å²) >= 11 is 1.69. The van der Waals surface area contributed by atoms with Gasteiger partial charge in [0.15, 0.2) is 6.61 Å². The summed E-state index contributed by atoms with van der Waals surface area (Å²) in [5.41, 5.74) is 4.09. The van der Waals surface area contributed by atoms with E-state index in [1.807, 2.05) is 69.8 Å². The second-order valence-corrected chi connectivity index (χ2v) is 14.2. The Labute approximate surface area is 292 Å². The Morgan fingerprint density at radius 2 is 1.55 bits per heavy atom. The lowest BCUT2D eigenvalue weighted by Gasteiger charge is -2.40. The molecule has 3 aliphatic rings. The molecule has 0 spiro atoms. The molecule has 3 amide bonds. The van der Waals surface area contributed by atoms with Crippen LogP contribution in [0.15, 0.2) is 84.2 Å². The van der Waals surface area contributed by atoms with Crippen LogP contribution >= 0.6 is 11.3 Å². The van der Waals surface area contributed by atoms with Crippen molar-refractivity contribution < 1.29 is 19.1 Å². The summed E-state index contributed by atoms with van der Waals surface area (Å²) in [5.74, 6) is -0.209. The van der Waals surface area contributed by atoms with Gasteiger partial charge in [-0.25, -0.2) is 0 Å². The minimum absolute atomic E-state index is 0.0871. The van der Waals surface area contributed by atoms with Gasteiger partial charge in [0.25, 0.3) is 17.7 Å². The van der Waals surface area contributed by atoms with Crippen LogP contribution in [0.3, 0.4) is 0 Å². The third-order valence-electron chi connectivity index (χ3n) is 10.1. The highest BCUT2D eigenvalue weighted by molar-refractivity contribution is 7.10. The fraction of sp³-hybridized carbons (Fsp3) is 0.375. The van der Waals surface area contributed by atoms with Crippen LogP contribution in [0.1, 0.15) is 70.5 Å². The molecule has 1 aromatic heterocycles. The molecule has 0 atom stereocenters. The first-order chi connectivity index (χ1) is 24.0. The highest BCUT2D eigenvalue weighted by atomic mass is 32.1. The second-order valence-electron chi connectivity index (χ2n) is 13.2. The molecule has 49 heavy (non-hydrogen) atoms. The number of aryl methyl sites for hydroxylation is 1. The van der Waals surface area contributed by atoms with Crippen LogP contribution in [0.2, 0.25) is 0 Å². The van der Waals surface area contributed by atoms with Gasteiger partial charge < -0.3 is 24.8 Å². The molecule has 8 nitrogen and oxygen atoms in total. The number of fused-ring (bicyclic) bond motifs is 1. The van der Waals surface area contributed by atoms with Crippen LogP contribution in [-0.4, -0.2) is 72.9 Å². The molecule has 1 N–H and O–H groups in total. The number of benzene rings is 3. The Balaban J connectivity index is 1.11. The van der Waals surface area contributed by atoms with Gasteiger partial charge in [0.05, 0.1) is 11.4 Å². The summed E-state index contributed by atoms with van der Waals surface area (Å²) in [5, 5.41) is 5.07. The smallest absolute Gasteiger partial charge is 0.260 e. The monoisotopic (exact) mass is 676 g/mol. The van der Waals surface area contributed by atoms with Crippen molar-refractivity contribution in [1.82, 2.24) is 9.80 Å². The quantitative estimate of drug-likeness (QED) is 0.209. The van der Waals surface area contributed by atoms with Crippen molar-refractivity contribution in [3.05, 3.63) is 100 Å². The first kappa shape index (κ1) is 33.0. The zero-order valence-corrected chi connectivity index (χ0v) is 28.8. The SMILES string of the molecule is O=C(Nc1ccc(C(=O)N2CCCCc3sccc32)cc1OCC(=O)N1CCC(N2CCCCC2)CC1)c1ccccc1-c1ccccc1. The number of ether oxygens (including phenoxy) is 1. The maximum atomic E-state index is 14.0. The molecule has 3 aliphatic heterocycles. The number of carbonyl (C=O) groups is 3. The Morgan fingerprint density at radius 1 is 0.796 bits per heavy atom. The van der Waals surface area contributed by atoms with Gasteiger partial charge in [-0.3, -0.25) is 14.4 Å². The number of likely N-dealkylation sites (tertiary alicyclic amines) is 2. The Bertz CT molecular complexity index is 1780. The van der Waals surface area contributed by atoms with Crippen molar-refractivity contribution in [1.29, 1.82) is 0 Å². The average molecular weight is 677 g/mol. The first-order valence-corrected chi connectivity index (χ1v) is 18.6. The lowest BCUT2D eigenvalue weighted by Crippen LogP contribution is -2.49. The van der Waals surface area contributed by atoms with E-state index < -0.39 is 0 Å². The number of anilines is 2. The number of hydrogen-bond donors (Lipinski definition) is 1. The highest BCUT2D eigenvalue weighted by Crippen LogP contribution is 2.34. The number of rotatable bonds is 8. The highest BCUT2D eigenvalue weighted by Gasteiger charge is 2.29. The molecular weight excluding hydrogens is 633 g/mol. The zero-order valence-electron chi connectivity index (χ0n) is 27.9. The Kier molecular flexibility index (Phi) is 10.4. The number of nitrogens with zero attached hydrogens (tertiary/aromatic N) is 3. The second kappa shape index (κ2) is 15.4. The molecule has 3 aromatic carbocycles. The molecule has 0 bridgehead atoms. The van der Waals surface area contributed by atoms with Crippen LogP contribution < -0.4 is 15.0 Å². The third kappa shape index (κ3) is 7.58. The van der Waals surface area contributed by atoms with E-state index in [-0.39, 0.29) is 24.3 Å². The Morgan fingerprint density at radius 3 is 2.37 bits per heavy atom.